The van der Waals surface area contributed by atoms with Crippen LogP contribution in [0.2, 0.25) is 0 Å². The van der Waals surface area contributed by atoms with Gasteiger partial charge in [-0.1, -0.05) is 0 Å². The number of nitrogens with zero attached hydrogens (tertiary/aromatic N) is 1. The SMILES string of the molecule is NN/C(N)=N\S(=O)(=O)c1ccc(N)cc1. The first-order valence-corrected chi connectivity index (χ1v) is 5.32. The Bertz CT molecular complexity index is 465. The van der Waals surface area contributed by atoms with E-state index >= 15 is 0 Å². The van der Waals surface area contributed by atoms with E-state index in [0.29, 0.717) is 5.69 Å². The molecule has 0 heterocycles. The van der Waals surface area contributed by atoms with Gasteiger partial charge >= 0.3 is 0 Å². The van der Waals surface area contributed by atoms with Crippen molar-refractivity contribution in [2.24, 2.45) is 16.0 Å². The predicted octanol–water partition coefficient (Wildman–Crippen LogP) is -1.26. The maximum Gasteiger partial charge on any atom is 0.285 e. The van der Waals surface area contributed by atoms with Gasteiger partial charge in [0.05, 0.1) is 4.90 Å². The zero-order valence-electron chi connectivity index (χ0n) is 7.71. The van der Waals surface area contributed by atoms with Gasteiger partial charge in [0.15, 0.2) is 0 Å². The molecule has 7 nitrogen and oxygen atoms in total. The summed E-state index contributed by atoms with van der Waals surface area (Å²) in [6.45, 7) is 0. The number of nitrogens with two attached hydrogens (primary N) is 3. The number of nitrogen functional groups attached to an aromatic ring is 1. The van der Waals surface area contributed by atoms with Gasteiger partial charge in [0.1, 0.15) is 0 Å². The van der Waals surface area contributed by atoms with Gasteiger partial charge in [-0.05, 0) is 24.3 Å². The van der Waals surface area contributed by atoms with E-state index in [0.717, 1.165) is 0 Å². The molecule has 0 unspecified atom stereocenters. The molecule has 1 aromatic carbocycles. The van der Waals surface area contributed by atoms with Gasteiger partial charge < -0.3 is 11.5 Å². The average molecular weight is 229 g/mol. The van der Waals surface area contributed by atoms with Crippen molar-refractivity contribution in [3.05, 3.63) is 24.3 Å². The molecule has 82 valence electrons. The fraction of sp³-hybridized carbons (Fsp3) is 0. The van der Waals surface area contributed by atoms with E-state index in [1.807, 2.05) is 5.43 Å². The molecule has 0 aromatic heterocycles. The minimum atomic E-state index is -3.82. The topological polar surface area (TPSA) is 137 Å². The molecule has 0 fully saturated rings. The van der Waals surface area contributed by atoms with Crippen molar-refractivity contribution in [3.8, 4) is 0 Å². The van der Waals surface area contributed by atoms with Crippen LogP contribution >= 0.6 is 0 Å². The highest BCUT2D eigenvalue weighted by molar-refractivity contribution is 7.90. The lowest BCUT2D eigenvalue weighted by Gasteiger charge is -2.01. The molecule has 7 N–H and O–H groups in total. The molecule has 0 radical (unpaired) electrons. The maximum atomic E-state index is 11.5. The van der Waals surface area contributed by atoms with E-state index in [1.54, 1.807) is 0 Å². The molecule has 0 saturated carbocycles. The van der Waals surface area contributed by atoms with Gasteiger partial charge in [-0.15, -0.1) is 4.40 Å². The molecular weight excluding hydrogens is 218 g/mol. The van der Waals surface area contributed by atoms with Crippen molar-refractivity contribution < 1.29 is 8.42 Å². The Morgan fingerprint density at radius 1 is 1.27 bits per heavy atom. The molecule has 0 aliphatic rings. The highest BCUT2D eigenvalue weighted by atomic mass is 32.2. The van der Waals surface area contributed by atoms with Crippen molar-refractivity contribution in [1.29, 1.82) is 0 Å². The second-order valence-corrected chi connectivity index (χ2v) is 4.27. The Morgan fingerprint density at radius 3 is 2.27 bits per heavy atom. The van der Waals surface area contributed by atoms with Gasteiger partial charge in [-0.3, -0.25) is 5.43 Å². The minimum absolute atomic E-state index is 0.00472. The number of guanidine groups is 1. The molecule has 15 heavy (non-hydrogen) atoms. The van der Waals surface area contributed by atoms with Gasteiger partial charge in [0, 0.05) is 5.69 Å². The van der Waals surface area contributed by atoms with Crippen molar-refractivity contribution in [1.82, 2.24) is 5.43 Å². The number of hydrogen-bond acceptors (Lipinski definition) is 4. The van der Waals surface area contributed by atoms with Crippen LogP contribution in [0.25, 0.3) is 0 Å². The molecule has 1 aromatic rings. The van der Waals surface area contributed by atoms with E-state index in [1.165, 1.54) is 24.3 Å². The Balaban J connectivity index is 3.13. The van der Waals surface area contributed by atoms with Crippen molar-refractivity contribution in [3.63, 3.8) is 0 Å². The summed E-state index contributed by atoms with van der Waals surface area (Å²) in [5.41, 5.74) is 12.9. The Hall–Kier alpha value is -1.80. The summed E-state index contributed by atoms with van der Waals surface area (Å²) < 4.78 is 26.2. The van der Waals surface area contributed by atoms with Crippen LogP contribution in [0.3, 0.4) is 0 Å². The summed E-state index contributed by atoms with van der Waals surface area (Å²) in [4.78, 5) is -0.00472. The number of sulfonamides is 1. The van der Waals surface area contributed by atoms with Crippen molar-refractivity contribution >= 4 is 21.7 Å². The number of rotatable bonds is 2. The molecule has 1 rings (SSSR count). The maximum absolute atomic E-state index is 11.5. The molecule has 0 spiro atoms. The summed E-state index contributed by atoms with van der Waals surface area (Å²) in [6, 6.07) is 5.57. The molecular formula is C7H11N5O2S. The molecule has 0 saturated heterocycles. The zero-order chi connectivity index (χ0) is 11.5. The van der Waals surface area contributed by atoms with Gasteiger partial charge in [0.25, 0.3) is 10.0 Å². The number of benzene rings is 1. The summed E-state index contributed by atoms with van der Waals surface area (Å²) in [6.07, 6.45) is 0. The number of nitrogens with one attached hydrogen (secondary N) is 1. The lowest BCUT2D eigenvalue weighted by atomic mass is 10.3. The van der Waals surface area contributed by atoms with E-state index in [-0.39, 0.29) is 10.9 Å². The first-order chi connectivity index (χ1) is 6.95. The first kappa shape index (κ1) is 11.3. The van der Waals surface area contributed by atoms with Crippen LogP contribution in [0.4, 0.5) is 5.69 Å². The summed E-state index contributed by atoms with van der Waals surface area (Å²) >= 11 is 0. The van der Waals surface area contributed by atoms with Crippen LogP contribution in [0.1, 0.15) is 0 Å². The summed E-state index contributed by atoms with van der Waals surface area (Å²) in [7, 11) is -3.82. The van der Waals surface area contributed by atoms with Gasteiger partial charge in [0.2, 0.25) is 5.96 Å². The van der Waals surface area contributed by atoms with E-state index < -0.39 is 10.0 Å². The quantitative estimate of drug-likeness (QED) is 0.164. The number of hydrogen-bond donors (Lipinski definition) is 4. The largest absolute Gasteiger partial charge is 0.399 e. The molecule has 0 atom stereocenters. The third-order valence-electron chi connectivity index (χ3n) is 1.54. The Labute approximate surface area is 87.0 Å². The smallest absolute Gasteiger partial charge is 0.285 e. The van der Waals surface area contributed by atoms with Gasteiger partial charge in [-0.2, -0.15) is 8.42 Å². The predicted molar refractivity (Wildman–Crippen MR) is 57.0 cm³/mol. The minimum Gasteiger partial charge on any atom is -0.399 e. The third-order valence-corrected chi connectivity index (χ3v) is 2.85. The van der Waals surface area contributed by atoms with Crippen molar-refractivity contribution in [2.75, 3.05) is 5.73 Å². The lowest BCUT2D eigenvalue weighted by molar-refractivity contribution is 0.597. The van der Waals surface area contributed by atoms with E-state index in [4.69, 9.17) is 17.3 Å². The second-order valence-electron chi connectivity index (χ2n) is 2.66. The van der Waals surface area contributed by atoms with Crippen LogP contribution in [0.15, 0.2) is 33.6 Å². The average Bonchev–Trinajstić information content (AvgIpc) is 2.17. The summed E-state index contributed by atoms with van der Waals surface area (Å²) in [5, 5.41) is 0. The number of hydrazine groups is 1. The molecule has 0 aliphatic carbocycles. The lowest BCUT2D eigenvalue weighted by Crippen LogP contribution is -2.37. The third kappa shape index (κ3) is 2.82. The second kappa shape index (κ2) is 4.15. The van der Waals surface area contributed by atoms with Crippen LogP contribution < -0.4 is 22.7 Å². The fourth-order valence-electron chi connectivity index (χ4n) is 0.848. The van der Waals surface area contributed by atoms with Crippen LogP contribution in [-0.4, -0.2) is 14.4 Å². The normalized spacial score (nSPS) is 12.5. The van der Waals surface area contributed by atoms with Crippen molar-refractivity contribution in [2.45, 2.75) is 4.90 Å². The Kier molecular flexibility index (Phi) is 3.12. The van der Waals surface area contributed by atoms with Crippen LogP contribution in [0, 0.1) is 0 Å². The van der Waals surface area contributed by atoms with E-state index in [9.17, 15) is 8.42 Å². The highest BCUT2D eigenvalue weighted by Crippen LogP contribution is 2.13. The molecule has 0 bridgehead atoms. The first-order valence-electron chi connectivity index (χ1n) is 3.88. The standard InChI is InChI=1S/C7H11N5O2S/c8-5-1-3-6(4-2-5)15(13,14)12-7(9)11-10/h1-4H,8,10H2,(H3,9,11,12). The van der Waals surface area contributed by atoms with Crippen LogP contribution in [0.5, 0.6) is 0 Å². The Morgan fingerprint density at radius 2 is 1.80 bits per heavy atom. The molecule has 0 amide bonds. The fourth-order valence-corrected chi connectivity index (χ4v) is 1.75. The summed E-state index contributed by atoms with van der Waals surface area (Å²) in [5.74, 6) is 4.51. The van der Waals surface area contributed by atoms with Gasteiger partial charge in [-0.25, -0.2) is 5.84 Å². The number of anilines is 1. The molecule has 8 heteroatoms. The van der Waals surface area contributed by atoms with E-state index in [2.05, 4.69) is 4.40 Å². The molecule has 0 aliphatic heterocycles. The monoisotopic (exact) mass is 229 g/mol. The van der Waals surface area contributed by atoms with Crippen LogP contribution in [-0.2, 0) is 10.0 Å². The highest BCUT2D eigenvalue weighted by Gasteiger charge is 2.12. The zero-order valence-corrected chi connectivity index (χ0v) is 8.53.